The van der Waals surface area contributed by atoms with Crippen molar-refractivity contribution < 1.29 is 9.53 Å². The van der Waals surface area contributed by atoms with Crippen LogP contribution in [0, 0.1) is 6.92 Å². The van der Waals surface area contributed by atoms with Crippen LogP contribution < -0.4 is 4.74 Å². The van der Waals surface area contributed by atoms with Gasteiger partial charge in [-0.25, -0.2) is 0 Å². The van der Waals surface area contributed by atoms with Gasteiger partial charge in [-0.2, -0.15) is 0 Å². The van der Waals surface area contributed by atoms with Gasteiger partial charge in [0, 0.05) is 0 Å². The lowest BCUT2D eigenvalue weighted by Gasteiger charge is -1.98. The van der Waals surface area contributed by atoms with Crippen LogP contribution in [0.4, 0.5) is 0 Å². The second-order valence-corrected chi connectivity index (χ2v) is 4.35. The normalized spacial score (nSPS) is 15.6. The van der Waals surface area contributed by atoms with Crippen LogP contribution in [0.2, 0.25) is 0 Å². The van der Waals surface area contributed by atoms with Gasteiger partial charge in [-0.1, -0.05) is 42.0 Å². The smallest absolute Gasteiger partial charge is 0.231 e. The van der Waals surface area contributed by atoms with Crippen molar-refractivity contribution in [2.24, 2.45) is 0 Å². The molecule has 0 spiro atoms. The van der Waals surface area contributed by atoms with Crippen molar-refractivity contribution in [2.45, 2.75) is 6.92 Å². The first-order valence-electron chi connectivity index (χ1n) is 5.84. The lowest BCUT2D eigenvalue weighted by Crippen LogP contribution is -1.97. The Labute approximate surface area is 106 Å². The van der Waals surface area contributed by atoms with E-state index in [1.54, 1.807) is 12.1 Å². The Hall–Kier alpha value is -2.35. The van der Waals surface area contributed by atoms with Crippen LogP contribution in [-0.4, -0.2) is 5.78 Å². The molecule has 2 aromatic carbocycles. The summed E-state index contributed by atoms with van der Waals surface area (Å²) in [5.74, 6) is 0.979. The fourth-order valence-corrected chi connectivity index (χ4v) is 1.95. The molecule has 0 radical (unpaired) electrons. The predicted octanol–water partition coefficient (Wildman–Crippen LogP) is 3.61. The van der Waals surface area contributed by atoms with Gasteiger partial charge in [0.1, 0.15) is 5.75 Å². The van der Waals surface area contributed by atoms with Crippen molar-refractivity contribution in [2.75, 3.05) is 0 Å². The van der Waals surface area contributed by atoms with E-state index in [0.717, 1.165) is 5.56 Å². The fourth-order valence-electron chi connectivity index (χ4n) is 1.95. The van der Waals surface area contributed by atoms with Gasteiger partial charge in [-0.05, 0) is 30.7 Å². The molecular formula is C16H12O2. The number of ether oxygens (including phenoxy) is 1. The molecule has 0 N–H and O–H groups in total. The molecule has 0 saturated carbocycles. The van der Waals surface area contributed by atoms with Crippen LogP contribution in [0.25, 0.3) is 6.08 Å². The molecule has 3 rings (SSSR count). The molecule has 0 atom stereocenters. The van der Waals surface area contributed by atoms with Crippen molar-refractivity contribution in [1.82, 2.24) is 0 Å². The molecular weight excluding hydrogens is 224 g/mol. The third kappa shape index (κ3) is 1.82. The number of carbonyl (C=O) groups excluding carboxylic acids is 1. The van der Waals surface area contributed by atoms with Crippen molar-refractivity contribution in [3.63, 3.8) is 0 Å². The quantitative estimate of drug-likeness (QED) is 0.707. The lowest BCUT2D eigenvalue weighted by molar-refractivity contribution is 0.101. The summed E-state index contributed by atoms with van der Waals surface area (Å²) in [6, 6.07) is 15.3. The molecule has 0 unspecified atom stereocenters. The minimum atomic E-state index is -0.0498. The van der Waals surface area contributed by atoms with Crippen molar-refractivity contribution in [1.29, 1.82) is 0 Å². The molecule has 0 aliphatic carbocycles. The average molecular weight is 236 g/mol. The number of allylic oxidation sites excluding steroid dienone is 1. The number of hydrogen-bond acceptors (Lipinski definition) is 2. The molecule has 2 nitrogen and oxygen atoms in total. The van der Waals surface area contributed by atoms with Crippen molar-refractivity contribution >= 4 is 11.9 Å². The minimum absolute atomic E-state index is 0.0498. The second-order valence-electron chi connectivity index (χ2n) is 4.35. The van der Waals surface area contributed by atoms with Gasteiger partial charge in [-0.3, -0.25) is 4.79 Å². The molecule has 18 heavy (non-hydrogen) atoms. The molecule has 0 aromatic heterocycles. The van der Waals surface area contributed by atoms with Gasteiger partial charge in [0.25, 0.3) is 0 Å². The first-order chi connectivity index (χ1) is 8.74. The van der Waals surface area contributed by atoms with Gasteiger partial charge in [-0.15, -0.1) is 0 Å². The second kappa shape index (κ2) is 4.15. The molecule has 2 heteroatoms. The maximum atomic E-state index is 12.1. The predicted molar refractivity (Wildman–Crippen MR) is 70.6 cm³/mol. The highest BCUT2D eigenvalue weighted by atomic mass is 16.5. The third-order valence-electron chi connectivity index (χ3n) is 2.95. The Morgan fingerprint density at radius 3 is 2.44 bits per heavy atom. The zero-order chi connectivity index (χ0) is 12.5. The van der Waals surface area contributed by atoms with E-state index in [9.17, 15) is 4.79 Å². The van der Waals surface area contributed by atoms with E-state index in [-0.39, 0.29) is 5.78 Å². The summed E-state index contributed by atoms with van der Waals surface area (Å²) in [6.45, 7) is 2.03. The van der Waals surface area contributed by atoms with E-state index in [4.69, 9.17) is 4.74 Å². The standard InChI is InChI=1S/C16H12O2/c1-11-6-8-12(9-7-11)10-15-16(17)13-4-2-3-5-14(13)18-15/h2-10H,1H3/b15-10-. The molecule has 2 aromatic rings. The van der Waals surface area contributed by atoms with Crippen molar-refractivity contribution in [3.8, 4) is 5.75 Å². The molecule has 88 valence electrons. The maximum Gasteiger partial charge on any atom is 0.231 e. The Balaban J connectivity index is 1.97. The fraction of sp³-hybridized carbons (Fsp3) is 0.0625. The van der Waals surface area contributed by atoms with Gasteiger partial charge >= 0.3 is 0 Å². The van der Waals surface area contributed by atoms with E-state index < -0.39 is 0 Å². The molecule has 1 aliphatic rings. The first-order valence-corrected chi connectivity index (χ1v) is 5.84. The van der Waals surface area contributed by atoms with Gasteiger partial charge in [0.05, 0.1) is 5.56 Å². The Bertz CT molecular complexity index is 636. The van der Waals surface area contributed by atoms with Gasteiger partial charge in [0.2, 0.25) is 5.78 Å². The summed E-state index contributed by atoms with van der Waals surface area (Å²) in [5.41, 5.74) is 2.80. The van der Waals surface area contributed by atoms with Gasteiger partial charge < -0.3 is 4.74 Å². The number of ketones is 1. The van der Waals surface area contributed by atoms with E-state index in [1.165, 1.54) is 5.56 Å². The summed E-state index contributed by atoms with van der Waals surface area (Å²) < 4.78 is 5.56. The number of benzene rings is 2. The molecule has 0 amide bonds. The lowest BCUT2D eigenvalue weighted by atomic mass is 10.1. The minimum Gasteiger partial charge on any atom is -0.452 e. The van der Waals surface area contributed by atoms with Crippen LogP contribution in [-0.2, 0) is 0 Å². The zero-order valence-electron chi connectivity index (χ0n) is 10.0. The summed E-state index contributed by atoms with van der Waals surface area (Å²) in [7, 11) is 0. The number of para-hydroxylation sites is 1. The number of aryl methyl sites for hydroxylation is 1. The number of carbonyl (C=O) groups is 1. The SMILES string of the molecule is Cc1ccc(/C=C2\Oc3ccccc3C2=O)cc1. The van der Waals surface area contributed by atoms with E-state index in [0.29, 0.717) is 17.1 Å². The topological polar surface area (TPSA) is 26.3 Å². The molecule has 1 heterocycles. The third-order valence-corrected chi connectivity index (χ3v) is 2.95. The molecule has 0 saturated heterocycles. The van der Waals surface area contributed by atoms with Crippen molar-refractivity contribution in [3.05, 3.63) is 71.0 Å². The summed E-state index contributed by atoms with van der Waals surface area (Å²) in [6.07, 6.45) is 1.78. The molecule has 0 fully saturated rings. The number of hydrogen-bond donors (Lipinski definition) is 0. The Kier molecular flexibility index (Phi) is 2.49. The summed E-state index contributed by atoms with van der Waals surface area (Å²) in [5, 5.41) is 0. The Morgan fingerprint density at radius 1 is 1.00 bits per heavy atom. The highest BCUT2D eigenvalue weighted by molar-refractivity contribution is 6.14. The molecule has 0 bridgehead atoms. The monoisotopic (exact) mass is 236 g/mol. The van der Waals surface area contributed by atoms with Gasteiger partial charge in [0.15, 0.2) is 5.76 Å². The van der Waals surface area contributed by atoms with E-state index in [2.05, 4.69) is 0 Å². The summed E-state index contributed by atoms with van der Waals surface area (Å²) in [4.78, 5) is 12.1. The van der Waals surface area contributed by atoms with Crippen LogP contribution in [0.5, 0.6) is 5.75 Å². The van der Waals surface area contributed by atoms with Crippen LogP contribution in [0.1, 0.15) is 21.5 Å². The van der Waals surface area contributed by atoms with E-state index >= 15 is 0 Å². The highest BCUT2D eigenvalue weighted by Crippen LogP contribution is 2.31. The zero-order valence-corrected chi connectivity index (χ0v) is 10.0. The maximum absolute atomic E-state index is 12.1. The highest BCUT2D eigenvalue weighted by Gasteiger charge is 2.26. The Morgan fingerprint density at radius 2 is 1.72 bits per heavy atom. The van der Waals surface area contributed by atoms with E-state index in [1.807, 2.05) is 49.4 Å². The van der Waals surface area contributed by atoms with Crippen LogP contribution in [0.3, 0.4) is 0 Å². The van der Waals surface area contributed by atoms with Crippen LogP contribution >= 0.6 is 0 Å². The molecule has 1 aliphatic heterocycles. The average Bonchev–Trinajstić information content (AvgIpc) is 2.70. The van der Waals surface area contributed by atoms with Crippen LogP contribution in [0.15, 0.2) is 54.3 Å². The number of fused-ring (bicyclic) bond motifs is 1. The number of rotatable bonds is 1. The number of Topliss-reactive ketones (excluding diaryl/α,β-unsaturated/α-hetero) is 1. The largest absolute Gasteiger partial charge is 0.452 e. The summed E-state index contributed by atoms with van der Waals surface area (Å²) >= 11 is 0. The first kappa shape index (κ1) is 10.8.